The predicted molar refractivity (Wildman–Crippen MR) is 137 cm³/mol. The molecule has 3 aromatic rings. The van der Waals surface area contributed by atoms with Gasteiger partial charge in [0, 0.05) is 17.6 Å². The lowest BCUT2D eigenvalue weighted by Crippen LogP contribution is -2.27. The first-order chi connectivity index (χ1) is 17.3. The van der Waals surface area contributed by atoms with Gasteiger partial charge in [0.2, 0.25) is 0 Å². The van der Waals surface area contributed by atoms with E-state index >= 15 is 0 Å². The van der Waals surface area contributed by atoms with Gasteiger partial charge in [-0.15, -0.1) is 0 Å². The molecule has 0 saturated heterocycles. The number of rotatable bonds is 4. The highest BCUT2D eigenvalue weighted by atomic mass is 32.2. The zero-order valence-corrected chi connectivity index (χ0v) is 21.0. The molecule has 1 aliphatic rings. The summed E-state index contributed by atoms with van der Waals surface area (Å²) in [6.45, 7) is 3.95. The maximum Gasteiger partial charge on any atom is 0.418 e. The van der Waals surface area contributed by atoms with Gasteiger partial charge in [0.25, 0.3) is 5.91 Å². The van der Waals surface area contributed by atoms with Crippen LogP contribution < -0.4 is 16.4 Å². The van der Waals surface area contributed by atoms with Crippen molar-refractivity contribution < 1.29 is 30.8 Å². The van der Waals surface area contributed by atoms with Crippen LogP contribution in [0.3, 0.4) is 0 Å². The fourth-order valence-corrected chi connectivity index (χ4v) is 4.52. The van der Waals surface area contributed by atoms with E-state index in [1.807, 2.05) is 13.8 Å². The Morgan fingerprint density at radius 2 is 1.46 bits per heavy atom. The largest absolute Gasteiger partial charge is 0.418 e. The number of sulfone groups is 1. The van der Waals surface area contributed by atoms with Crippen molar-refractivity contribution in [3.05, 3.63) is 83.2 Å². The van der Waals surface area contributed by atoms with Crippen LogP contribution in [0.4, 0.5) is 34.6 Å². The SMILES string of the molecule is CC.CS(=O)(=O)c1ccc(C2=C(c3ccc(F)c(N)c3)C(=O)N(c3ccc(C(F)(F)F)c(N)c3)C2)cc1. The minimum absolute atomic E-state index is 0.0471. The highest BCUT2D eigenvalue weighted by Gasteiger charge is 2.36. The van der Waals surface area contributed by atoms with E-state index in [1.165, 1.54) is 41.3 Å². The fourth-order valence-electron chi connectivity index (χ4n) is 3.89. The minimum Gasteiger partial charge on any atom is -0.398 e. The molecule has 0 saturated carbocycles. The lowest BCUT2D eigenvalue weighted by molar-refractivity contribution is -0.136. The van der Waals surface area contributed by atoms with Crippen LogP contribution in [0, 0.1) is 5.82 Å². The number of hydrogen-bond acceptors (Lipinski definition) is 5. The predicted octanol–water partition coefficient (Wildman–Crippen LogP) is 5.40. The maximum absolute atomic E-state index is 13.8. The summed E-state index contributed by atoms with van der Waals surface area (Å²) in [5.41, 5.74) is 11.1. The van der Waals surface area contributed by atoms with Gasteiger partial charge < -0.3 is 16.4 Å². The third-order valence-corrected chi connectivity index (χ3v) is 6.77. The Morgan fingerprint density at radius 3 is 1.97 bits per heavy atom. The summed E-state index contributed by atoms with van der Waals surface area (Å²) < 4.78 is 76.8. The Hall–Kier alpha value is -3.86. The van der Waals surface area contributed by atoms with E-state index in [4.69, 9.17) is 11.5 Å². The first kappa shape index (κ1) is 27.7. The van der Waals surface area contributed by atoms with E-state index in [0.717, 1.165) is 30.5 Å². The van der Waals surface area contributed by atoms with Crippen molar-refractivity contribution in [2.24, 2.45) is 0 Å². The number of amides is 1. The fraction of sp³-hybridized carbons (Fsp3) is 0.192. The van der Waals surface area contributed by atoms with Crippen LogP contribution in [0.15, 0.2) is 65.6 Å². The molecule has 196 valence electrons. The molecular formula is C26H25F4N3O3S. The number of halogens is 4. The first-order valence-corrected chi connectivity index (χ1v) is 13.0. The highest BCUT2D eigenvalue weighted by molar-refractivity contribution is 7.90. The summed E-state index contributed by atoms with van der Waals surface area (Å²) in [4.78, 5) is 14.8. The Morgan fingerprint density at radius 1 is 0.865 bits per heavy atom. The van der Waals surface area contributed by atoms with Crippen molar-refractivity contribution in [3.63, 3.8) is 0 Å². The van der Waals surface area contributed by atoms with E-state index in [9.17, 15) is 30.8 Å². The van der Waals surface area contributed by atoms with Gasteiger partial charge in [-0.2, -0.15) is 13.2 Å². The molecule has 0 aromatic heterocycles. The van der Waals surface area contributed by atoms with Crippen molar-refractivity contribution in [2.45, 2.75) is 24.9 Å². The van der Waals surface area contributed by atoms with Gasteiger partial charge in [0.05, 0.1) is 28.3 Å². The van der Waals surface area contributed by atoms with Crippen LogP contribution in [0.25, 0.3) is 11.1 Å². The lowest BCUT2D eigenvalue weighted by Gasteiger charge is -2.19. The van der Waals surface area contributed by atoms with Gasteiger partial charge in [-0.3, -0.25) is 4.79 Å². The average molecular weight is 536 g/mol. The lowest BCUT2D eigenvalue weighted by atomic mass is 9.96. The van der Waals surface area contributed by atoms with E-state index < -0.39 is 39.0 Å². The van der Waals surface area contributed by atoms with E-state index in [-0.39, 0.29) is 28.4 Å². The maximum atomic E-state index is 13.8. The van der Waals surface area contributed by atoms with Gasteiger partial charge in [0.1, 0.15) is 5.82 Å². The number of carbonyl (C=O) groups excluding carboxylic acids is 1. The van der Waals surface area contributed by atoms with Gasteiger partial charge in [-0.25, -0.2) is 12.8 Å². The highest BCUT2D eigenvalue weighted by Crippen LogP contribution is 2.40. The molecule has 11 heteroatoms. The summed E-state index contributed by atoms with van der Waals surface area (Å²) in [5, 5.41) is 0. The van der Waals surface area contributed by atoms with Crippen LogP contribution in [-0.4, -0.2) is 27.1 Å². The molecule has 0 spiro atoms. The molecule has 37 heavy (non-hydrogen) atoms. The average Bonchev–Trinajstić information content (AvgIpc) is 3.18. The molecule has 0 fully saturated rings. The number of nitrogen functional groups attached to an aromatic ring is 2. The molecule has 3 aromatic carbocycles. The second-order valence-corrected chi connectivity index (χ2v) is 10.1. The molecule has 0 aliphatic carbocycles. The zero-order chi connectivity index (χ0) is 27.7. The van der Waals surface area contributed by atoms with Crippen molar-refractivity contribution in [1.82, 2.24) is 0 Å². The van der Waals surface area contributed by atoms with Crippen LogP contribution in [0.2, 0.25) is 0 Å². The second kappa shape index (κ2) is 10.3. The van der Waals surface area contributed by atoms with Crippen molar-refractivity contribution in [3.8, 4) is 0 Å². The van der Waals surface area contributed by atoms with Gasteiger partial charge >= 0.3 is 6.18 Å². The van der Waals surface area contributed by atoms with Crippen molar-refractivity contribution >= 4 is 44.0 Å². The quantitative estimate of drug-likeness (QED) is 0.344. The number of carbonyl (C=O) groups is 1. The third-order valence-electron chi connectivity index (χ3n) is 5.64. The monoisotopic (exact) mass is 535 g/mol. The molecule has 0 atom stereocenters. The number of alkyl halides is 3. The van der Waals surface area contributed by atoms with E-state index in [2.05, 4.69) is 0 Å². The first-order valence-electron chi connectivity index (χ1n) is 11.1. The molecule has 1 aliphatic heterocycles. The summed E-state index contributed by atoms with van der Waals surface area (Å²) >= 11 is 0. The van der Waals surface area contributed by atoms with Gasteiger partial charge in [-0.05, 0) is 59.2 Å². The van der Waals surface area contributed by atoms with Crippen molar-refractivity contribution in [2.75, 3.05) is 29.2 Å². The van der Waals surface area contributed by atoms with E-state index in [1.54, 1.807) is 0 Å². The van der Waals surface area contributed by atoms with E-state index in [0.29, 0.717) is 16.7 Å². The van der Waals surface area contributed by atoms with Crippen LogP contribution >= 0.6 is 0 Å². The molecule has 1 heterocycles. The second-order valence-electron chi connectivity index (χ2n) is 8.05. The summed E-state index contributed by atoms with van der Waals surface area (Å²) in [5.74, 6) is -1.23. The van der Waals surface area contributed by atoms with Crippen LogP contribution in [0.1, 0.15) is 30.5 Å². The number of benzene rings is 3. The standard InChI is InChI=1S/C24H19F4N3O3S.C2H6/c1-35(33,34)16-6-2-13(3-7-16)17-12-31(15-5-8-18(20(29)11-15)24(26,27)28)23(32)22(17)14-4-9-19(25)21(30)10-14;1-2/h2-11H,12,29-30H2,1H3;1-2H3. The molecule has 0 radical (unpaired) electrons. The smallest absolute Gasteiger partial charge is 0.398 e. The third kappa shape index (κ3) is 5.61. The summed E-state index contributed by atoms with van der Waals surface area (Å²) in [6, 6.07) is 12.6. The number of nitrogens with two attached hydrogens (primary N) is 2. The molecule has 1 amide bonds. The Kier molecular flexibility index (Phi) is 7.68. The number of hydrogen-bond donors (Lipinski definition) is 2. The minimum atomic E-state index is -4.65. The molecule has 0 bridgehead atoms. The Balaban J connectivity index is 0.00000186. The molecule has 0 unspecified atom stereocenters. The Bertz CT molecular complexity index is 1480. The molecule has 4 N–H and O–H groups in total. The van der Waals surface area contributed by atoms with Crippen LogP contribution in [-0.2, 0) is 20.8 Å². The number of nitrogens with zero attached hydrogens (tertiary/aromatic N) is 1. The van der Waals surface area contributed by atoms with Crippen LogP contribution in [0.5, 0.6) is 0 Å². The Labute approximate surface area is 212 Å². The molecule has 6 nitrogen and oxygen atoms in total. The summed E-state index contributed by atoms with van der Waals surface area (Å²) in [7, 11) is -3.46. The normalized spacial score (nSPS) is 14.0. The van der Waals surface area contributed by atoms with Crippen molar-refractivity contribution in [1.29, 1.82) is 0 Å². The molecule has 4 rings (SSSR count). The molecular weight excluding hydrogens is 510 g/mol. The summed E-state index contributed by atoms with van der Waals surface area (Å²) in [6.07, 6.45) is -3.59. The van der Waals surface area contributed by atoms with Gasteiger partial charge in [0.15, 0.2) is 9.84 Å². The zero-order valence-electron chi connectivity index (χ0n) is 20.2. The number of anilines is 3. The topological polar surface area (TPSA) is 106 Å². The van der Waals surface area contributed by atoms with Gasteiger partial charge in [-0.1, -0.05) is 32.0 Å².